The van der Waals surface area contributed by atoms with Crippen LogP contribution < -0.4 is 5.11 Å². The van der Waals surface area contributed by atoms with Crippen LogP contribution in [0.2, 0.25) is 10.2 Å². The van der Waals surface area contributed by atoms with Crippen LogP contribution in [0, 0.1) is 6.92 Å². The van der Waals surface area contributed by atoms with Gasteiger partial charge in [0.15, 0.2) is 0 Å². The molecule has 0 amide bonds. The van der Waals surface area contributed by atoms with Crippen molar-refractivity contribution in [1.29, 1.82) is 0 Å². The molecule has 0 fully saturated rings. The van der Waals surface area contributed by atoms with E-state index in [-0.39, 0.29) is 10.7 Å². The molecule has 1 heterocycles. The van der Waals surface area contributed by atoms with E-state index in [1.807, 2.05) is 18.2 Å². The fourth-order valence-corrected chi connectivity index (χ4v) is 2.18. The number of carboxylic acids is 1. The highest BCUT2D eigenvalue weighted by Crippen LogP contribution is 2.22. The first-order valence-electron chi connectivity index (χ1n) is 5.18. The molecule has 2 rings (SSSR count). The molecule has 1 aromatic heterocycles. The van der Waals surface area contributed by atoms with Gasteiger partial charge in [0.1, 0.15) is 5.15 Å². The van der Waals surface area contributed by atoms with Gasteiger partial charge in [-0.15, -0.1) is 0 Å². The Bertz CT molecular complexity index is 608. The quantitative estimate of drug-likeness (QED) is 0.865. The van der Waals surface area contributed by atoms with Crippen molar-refractivity contribution in [3.8, 4) is 0 Å². The molecule has 1 aromatic carbocycles. The zero-order valence-corrected chi connectivity index (χ0v) is 11.0. The van der Waals surface area contributed by atoms with Crippen molar-refractivity contribution in [3.63, 3.8) is 0 Å². The van der Waals surface area contributed by atoms with Gasteiger partial charge in [0.25, 0.3) is 0 Å². The molecule has 0 unspecified atom stereocenters. The van der Waals surface area contributed by atoms with Crippen LogP contribution in [0.1, 0.15) is 21.6 Å². The summed E-state index contributed by atoms with van der Waals surface area (Å²) in [5.74, 6) is -1.33. The predicted molar refractivity (Wildman–Crippen MR) is 66.9 cm³/mol. The second-order valence-corrected chi connectivity index (χ2v) is 4.55. The number of rotatable bonds is 3. The summed E-state index contributed by atoms with van der Waals surface area (Å²) in [6.07, 6.45) is 0. The minimum absolute atomic E-state index is 0.0485. The maximum Gasteiger partial charge on any atom is 0.136 e. The molecule has 0 bridgehead atoms. The Balaban J connectivity index is 2.39. The first-order chi connectivity index (χ1) is 8.50. The Labute approximate surface area is 114 Å². The van der Waals surface area contributed by atoms with Crippen molar-refractivity contribution in [2.45, 2.75) is 13.5 Å². The maximum atomic E-state index is 10.9. The number of carbonyl (C=O) groups is 1. The SMILES string of the molecule is Cc1nn(Cc2ccccc2Cl)c(Cl)c1C(=O)[O-]. The van der Waals surface area contributed by atoms with Gasteiger partial charge in [0.2, 0.25) is 0 Å². The highest BCUT2D eigenvalue weighted by atomic mass is 35.5. The zero-order chi connectivity index (χ0) is 13.3. The van der Waals surface area contributed by atoms with Gasteiger partial charge in [-0.3, -0.25) is 0 Å². The molecule has 94 valence electrons. The number of aromatic carboxylic acids is 1. The molecule has 0 saturated carbocycles. The third kappa shape index (κ3) is 2.35. The molecular weight excluding hydrogens is 275 g/mol. The predicted octanol–water partition coefficient (Wildman–Crippen LogP) is 1.91. The Kier molecular flexibility index (Phi) is 3.59. The van der Waals surface area contributed by atoms with E-state index in [0.29, 0.717) is 17.3 Å². The van der Waals surface area contributed by atoms with Crippen LogP contribution in [0.5, 0.6) is 0 Å². The molecule has 0 aliphatic rings. The van der Waals surface area contributed by atoms with Gasteiger partial charge < -0.3 is 9.90 Å². The van der Waals surface area contributed by atoms with Crippen LogP contribution in [0.15, 0.2) is 24.3 Å². The van der Waals surface area contributed by atoms with Crippen molar-refractivity contribution in [3.05, 3.63) is 51.3 Å². The van der Waals surface area contributed by atoms with E-state index in [9.17, 15) is 9.90 Å². The van der Waals surface area contributed by atoms with Crippen molar-refractivity contribution < 1.29 is 9.90 Å². The average molecular weight is 284 g/mol. The molecule has 0 radical (unpaired) electrons. The molecule has 0 N–H and O–H groups in total. The third-order valence-corrected chi connectivity index (χ3v) is 3.30. The van der Waals surface area contributed by atoms with Gasteiger partial charge in [0.05, 0.1) is 23.8 Å². The van der Waals surface area contributed by atoms with E-state index in [1.165, 1.54) is 4.68 Å². The molecule has 6 heteroatoms. The van der Waals surface area contributed by atoms with Crippen molar-refractivity contribution >= 4 is 29.2 Å². The number of aromatic nitrogens is 2. The lowest BCUT2D eigenvalue weighted by Crippen LogP contribution is -2.23. The third-order valence-electron chi connectivity index (χ3n) is 2.55. The lowest BCUT2D eigenvalue weighted by Gasteiger charge is -2.06. The normalized spacial score (nSPS) is 10.6. The Morgan fingerprint density at radius 3 is 2.61 bits per heavy atom. The first-order valence-corrected chi connectivity index (χ1v) is 5.94. The summed E-state index contributed by atoms with van der Waals surface area (Å²) in [5.41, 5.74) is 1.06. The Morgan fingerprint density at radius 2 is 2.06 bits per heavy atom. The minimum atomic E-state index is -1.33. The average Bonchev–Trinajstić information content (AvgIpc) is 2.57. The van der Waals surface area contributed by atoms with E-state index >= 15 is 0 Å². The smallest absolute Gasteiger partial charge is 0.136 e. The van der Waals surface area contributed by atoms with Crippen molar-refractivity contribution in [2.75, 3.05) is 0 Å². The molecule has 4 nitrogen and oxygen atoms in total. The fraction of sp³-hybridized carbons (Fsp3) is 0.167. The lowest BCUT2D eigenvalue weighted by molar-refractivity contribution is -0.255. The van der Waals surface area contributed by atoms with Crippen molar-refractivity contribution in [1.82, 2.24) is 9.78 Å². The fourth-order valence-electron chi connectivity index (χ4n) is 1.68. The van der Waals surface area contributed by atoms with Crippen LogP contribution in [0.25, 0.3) is 0 Å². The summed E-state index contributed by atoms with van der Waals surface area (Å²) in [4.78, 5) is 10.9. The van der Waals surface area contributed by atoms with Gasteiger partial charge in [-0.2, -0.15) is 5.10 Å². The number of aryl methyl sites for hydroxylation is 1. The molecule has 0 saturated heterocycles. The Morgan fingerprint density at radius 1 is 1.39 bits per heavy atom. The van der Waals surface area contributed by atoms with Crippen LogP contribution >= 0.6 is 23.2 Å². The highest BCUT2D eigenvalue weighted by molar-refractivity contribution is 6.32. The van der Waals surface area contributed by atoms with Crippen molar-refractivity contribution in [2.24, 2.45) is 0 Å². The summed E-state index contributed by atoms with van der Waals surface area (Å²) in [5, 5.41) is 15.6. The summed E-state index contributed by atoms with van der Waals surface area (Å²) >= 11 is 12.0. The van der Waals surface area contributed by atoms with Crippen LogP contribution in [-0.2, 0) is 6.54 Å². The maximum absolute atomic E-state index is 10.9. The number of carbonyl (C=O) groups excluding carboxylic acids is 1. The van der Waals surface area contributed by atoms with Gasteiger partial charge in [-0.05, 0) is 18.6 Å². The van der Waals surface area contributed by atoms with E-state index in [4.69, 9.17) is 23.2 Å². The molecule has 0 aliphatic heterocycles. The molecule has 0 aliphatic carbocycles. The van der Waals surface area contributed by atoms with Gasteiger partial charge >= 0.3 is 0 Å². The summed E-state index contributed by atoms with van der Waals surface area (Å²) in [6, 6.07) is 7.23. The number of hydrogen-bond acceptors (Lipinski definition) is 3. The molecule has 0 atom stereocenters. The van der Waals surface area contributed by atoms with Gasteiger partial charge in [-0.25, -0.2) is 4.68 Å². The highest BCUT2D eigenvalue weighted by Gasteiger charge is 2.14. The van der Waals surface area contributed by atoms with Crippen LogP contribution in [-0.4, -0.2) is 15.7 Å². The van der Waals surface area contributed by atoms with E-state index in [0.717, 1.165) is 5.56 Å². The molecule has 18 heavy (non-hydrogen) atoms. The zero-order valence-electron chi connectivity index (χ0n) is 9.48. The first kappa shape index (κ1) is 12.9. The standard InChI is InChI=1S/C12H10Cl2N2O2/c1-7-10(12(17)18)11(14)16(15-7)6-8-4-2-3-5-9(8)13/h2-5H,6H2,1H3,(H,17,18)/p-1. The molecule has 0 spiro atoms. The monoisotopic (exact) mass is 283 g/mol. The largest absolute Gasteiger partial charge is 0.545 e. The number of benzene rings is 1. The van der Waals surface area contributed by atoms with E-state index < -0.39 is 5.97 Å². The Hall–Kier alpha value is -1.52. The summed E-state index contributed by atoms with van der Waals surface area (Å²) < 4.78 is 1.39. The van der Waals surface area contributed by atoms with E-state index in [2.05, 4.69) is 5.10 Å². The number of carboxylic acid groups (broad SMARTS) is 1. The van der Waals surface area contributed by atoms with Gasteiger partial charge in [-0.1, -0.05) is 41.4 Å². The van der Waals surface area contributed by atoms with Gasteiger partial charge in [0, 0.05) is 5.02 Å². The van der Waals surface area contributed by atoms with Crippen LogP contribution in [0.4, 0.5) is 0 Å². The number of hydrogen-bond donors (Lipinski definition) is 0. The lowest BCUT2D eigenvalue weighted by atomic mass is 10.2. The molecular formula is C12H9Cl2N2O2-. The second kappa shape index (κ2) is 5.00. The summed E-state index contributed by atoms with van der Waals surface area (Å²) in [7, 11) is 0. The summed E-state index contributed by atoms with van der Waals surface area (Å²) in [6.45, 7) is 1.88. The topological polar surface area (TPSA) is 58.0 Å². The minimum Gasteiger partial charge on any atom is -0.545 e. The second-order valence-electron chi connectivity index (χ2n) is 3.79. The van der Waals surface area contributed by atoms with E-state index in [1.54, 1.807) is 13.0 Å². The number of halogens is 2. The number of nitrogens with zero attached hydrogens (tertiary/aromatic N) is 2. The van der Waals surface area contributed by atoms with Crippen LogP contribution in [0.3, 0.4) is 0 Å². The molecule has 2 aromatic rings.